The number of aryl methyl sites for hydroxylation is 1. The molecule has 0 radical (unpaired) electrons. The quantitative estimate of drug-likeness (QED) is 0.418. The minimum atomic E-state index is -0.0202. The van der Waals surface area contributed by atoms with Crippen LogP contribution in [0, 0.1) is 24.2 Å². The lowest BCUT2D eigenvalue weighted by molar-refractivity contribution is 0.0910. The van der Waals surface area contributed by atoms with Crippen molar-refractivity contribution in [3.63, 3.8) is 0 Å². The number of benzene rings is 1. The van der Waals surface area contributed by atoms with E-state index in [0.717, 1.165) is 37.2 Å². The SMILES string of the molecule is Cc1ncc(-c2ccc(C(=O)C3CCCNCC3)cc2C#N)nc1-c1nnc(-c2cccs2)o1. The monoisotopic (exact) mass is 470 g/mol. The summed E-state index contributed by atoms with van der Waals surface area (Å²) in [5.41, 5.74) is 3.15. The Bertz CT molecular complexity index is 1360. The summed E-state index contributed by atoms with van der Waals surface area (Å²) < 4.78 is 5.84. The summed E-state index contributed by atoms with van der Waals surface area (Å²) in [7, 11) is 0. The fourth-order valence-corrected chi connectivity index (χ4v) is 4.77. The normalized spacial score (nSPS) is 16.1. The first kappa shape index (κ1) is 22.1. The van der Waals surface area contributed by atoms with Gasteiger partial charge < -0.3 is 9.73 Å². The fraction of sp³-hybridized carbons (Fsp3) is 0.280. The molecule has 0 spiro atoms. The Balaban J connectivity index is 1.47. The number of nitriles is 1. The highest BCUT2D eigenvalue weighted by atomic mass is 32.1. The third-order valence-electron chi connectivity index (χ3n) is 5.96. The summed E-state index contributed by atoms with van der Waals surface area (Å²) in [5, 5.41) is 23.4. The molecule has 34 heavy (non-hydrogen) atoms. The first-order valence-electron chi connectivity index (χ1n) is 11.1. The van der Waals surface area contributed by atoms with Crippen LogP contribution in [-0.4, -0.2) is 39.0 Å². The molecule has 1 aromatic carbocycles. The van der Waals surface area contributed by atoms with Gasteiger partial charge in [0.2, 0.25) is 0 Å². The minimum absolute atomic E-state index is 0.0202. The van der Waals surface area contributed by atoms with Crippen molar-refractivity contribution in [1.29, 1.82) is 5.26 Å². The number of thiophene rings is 1. The molecule has 1 unspecified atom stereocenters. The molecule has 1 aliphatic heterocycles. The smallest absolute Gasteiger partial charge is 0.268 e. The predicted octanol–water partition coefficient (Wildman–Crippen LogP) is 4.67. The molecule has 5 rings (SSSR count). The molecule has 1 saturated heterocycles. The molecular formula is C25H22N6O2S. The van der Waals surface area contributed by atoms with Gasteiger partial charge in [0.1, 0.15) is 5.69 Å². The highest BCUT2D eigenvalue weighted by Gasteiger charge is 2.23. The molecule has 1 aliphatic rings. The Kier molecular flexibility index (Phi) is 6.25. The van der Waals surface area contributed by atoms with Gasteiger partial charge in [0.05, 0.1) is 34.1 Å². The number of Topliss-reactive ketones (excluding diaryl/α,β-unsaturated/α-hetero) is 1. The first-order chi connectivity index (χ1) is 16.6. The number of nitrogens with zero attached hydrogens (tertiary/aromatic N) is 5. The standard InChI is InChI=1S/C25H22N6O2S/c1-15-22(25-31-30-24(33-25)21-5-3-11-34-21)29-20(14-28-15)19-7-6-17(12-18(19)13-26)23(32)16-4-2-9-27-10-8-16/h3,5-7,11-12,14,16,27H,2,4,8-10H2,1H3. The Morgan fingerprint density at radius 2 is 2.09 bits per heavy atom. The average Bonchev–Trinajstić information content (AvgIpc) is 3.50. The number of nitrogens with one attached hydrogen (secondary N) is 1. The van der Waals surface area contributed by atoms with Crippen molar-refractivity contribution >= 4 is 17.1 Å². The van der Waals surface area contributed by atoms with Crippen LogP contribution in [0.2, 0.25) is 0 Å². The van der Waals surface area contributed by atoms with Crippen LogP contribution in [0.3, 0.4) is 0 Å². The summed E-state index contributed by atoms with van der Waals surface area (Å²) in [6, 6.07) is 11.3. The number of hydrogen-bond acceptors (Lipinski definition) is 9. The maximum Gasteiger partial charge on any atom is 0.268 e. The van der Waals surface area contributed by atoms with E-state index in [1.807, 2.05) is 24.4 Å². The van der Waals surface area contributed by atoms with E-state index in [1.165, 1.54) is 11.3 Å². The molecule has 0 bridgehead atoms. The van der Waals surface area contributed by atoms with Crippen molar-refractivity contribution in [3.05, 3.63) is 58.7 Å². The molecule has 3 aromatic heterocycles. The minimum Gasteiger partial charge on any atom is -0.414 e. The summed E-state index contributed by atoms with van der Waals surface area (Å²) in [6.45, 7) is 3.59. The second-order valence-electron chi connectivity index (χ2n) is 8.19. The molecule has 0 amide bonds. The molecule has 0 saturated carbocycles. The molecule has 1 atom stereocenters. The molecule has 4 aromatic rings. The van der Waals surface area contributed by atoms with Crippen LogP contribution in [0.5, 0.6) is 0 Å². The van der Waals surface area contributed by atoms with Crippen molar-refractivity contribution < 1.29 is 9.21 Å². The summed E-state index contributed by atoms with van der Waals surface area (Å²) in [5.74, 6) is 0.760. The number of carbonyl (C=O) groups excluding carboxylic acids is 1. The van der Waals surface area contributed by atoms with Crippen molar-refractivity contribution in [3.8, 4) is 39.7 Å². The van der Waals surface area contributed by atoms with Gasteiger partial charge in [0, 0.05) is 17.0 Å². The molecule has 8 nitrogen and oxygen atoms in total. The van der Waals surface area contributed by atoms with Gasteiger partial charge in [-0.1, -0.05) is 18.2 Å². The van der Waals surface area contributed by atoms with Crippen LogP contribution in [0.25, 0.3) is 33.6 Å². The summed E-state index contributed by atoms with van der Waals surface area (Å²) in [6.07, 6.45) is 4.27. The van der Waals surface area contributed by atoms with Gasteiger partial charge in [-0.25, -0.2) is 4.98 Å². The van der Waals surface area contributed by atoms with E-state index in [4.69, 9.17) is 9.40 Å². The van der Waals surface area contributed by atoms with E-state index >= 15 is 0 Å². The van der Waals surface area contributed by atoms with Gasteiger partial charge in [-0.15, -0.1) is 21.5 Å². The van der Waals surface area contributed by atoms with Crippen molar-refractivity contribution in [2.24, 2.45) is 5.92 Å². The number of hydrogen-bond donors (Lipinski definition) is 1. The van der Waals surface area contributed by atoms with Crippen LogP contribution < -0.4 is 5.32 Å². The van der Waals surface area contributed by atoms with Crippen molar-refractivity contribution in [2.45, 2.75) is 26.2 Å². The predicted molar refractivity (Wildman–Crippen MR) is 128 cm³/mol. The lowest BCUT2D eigenvalue weighted by atomic mass is 9.89. The maximum atomic E-state index is 13.1. The van der Waals surface area contributed by atoms with E-state index in [-0.39, 0.29) is 17.6 Å². The summed E-state index contributed by atoms with van der Waals surface area (Å²) >= 11 is 1.51. The number of carbonyl (C=O) groups is 1. The van der Waals surface area contributed by atoms with Gasteiger partial charge in [0.15, 0.2) is 5.78 Å². The van der Waals surface area contributed by atoms with Crippen LogP contribution in [0.15, 0.2) is 46.3 Å². The highest BCUT2D eigenvalue weighted by molar-refractivity contribution is 7.13. The van der Waals surface area contributed by atoms with Gasteiger partial charge >= 0.3 is 0 Å². The van der Waals surface area contributed by atoms with Crippen molar-refractivity contribution in [2.75, 3.05) is 13.1 Å². The second kappa shape index (κ2) is 9.63. The van der Waals surface area contributed by atoms with Gasteiger partial charge in [0.25, 0.3) is 11.8 Å². The molecule has 4 heterocycles. The van der Waals surface area contributed by atoms with Crippen LogP contribution >= 0.6 is 11.3 Å². The zero-order valence-corrected chi connectivity index (χ0v) is 19.4. The van der Waals surface area contributed by atoms with E-state index in [2.05, 4.69) is 26.6 Å². The molecule has 1 N–H and O–H groups in total. The van der Waals surface area contributed by atoms with Gasteiger partial charge in [-0.3, -0.25) is 9.78 Å². The van der Waals surface area contributed by atoms with E-state index in [9.17, 15) is 10.1 Å². The highest BCUT2D eigenvalue weighted by Crippen LogP contribution is 2.30. The second-order valence-corrected chi connectivity index (χ2v) is 9.14. The Labute approximate surface area is 200 Å². The van der Waals surface area contributed by atoms with E-state index < -0.39 is 0 Å². The molecular weight excluding hydrogens is 448 g/mol. The largest absolute Gasteiger partial charge is 0.414 e. The topological polar surface area (TPSA) is 118 Å². The molecule has 1 fully saturated rings. The Hall–Kier alpha value is -3.74. The first-order valence-corrected chi connectivity index (χ1v) is 12.0. The number of rotatable bonds is 5. The Morgan fingerprint density at radius 3 is 2.91 bits per heavy atom. The molecule has 9 heteroatoms. The van der Waals surface area contributed by atoms with Gasteiger partial charge in [-0.05, 0) is 56.8 Å². The summed E-state index contributed by atoms with van der Waals surface area (Å²) in [4.78, 5) is 23.1. The van der Waals surface area contributed by atoms with E-state index in [1.54, 1.807) is 24.4 Å². The average molecular weight is 471 g/mol. The lowest BCUT2D eigenvalue weighted by Crippen LogP contribution is -2.18. The van der Waals surface area contributed by atoms with Crippen LogP contribution in [-0.2, 0) is 0 Å². The zero-order valence-electron chi connectivity index (χ0n) is 18.6. The third-order valence-corrected chi connectivity index (χ3v) is 6.82. The maximum absolute atomic E-state index is 13.1. The fourth-order valence-electron chi connectivity index (χ4n) is 4.13. The van der Waals surface area contributed by atoms with Crippen molar-refractivity contribution in [1.82, 2.24) is 25.5 Å². The molecule has 170 valence electrons. The Morgan fingerprint density at radius 1 is 1.21 bits per heavy atom. The van der Waals surface area contributed by atoms with Crippen LogP contribution in [0.4, 0.5) is 0 Å². The van der Waals surface area contributed by atoms with E-state index in [0.29, 0.717) is 39.7 Å². The number of ketones is 1. The lowest BCUT2D eigenvalue weighted by Gasteiger charge is -2.13. The number of aromatic nitrogens is 4. The third kappa shape index (κ3) is 4.38. The zero-order chi connectivity index (χ0) is 23.5. The van der Waals surface area contributed by atoms with Crippen LogP contribution in [0.1, 0.15) is 40.9 Å². The van der Waals surface area contributed by atoms with Gasteiger partial charge in [-0.2, -0.15) is 5.26 Å². The molecule has 0 aliphatic carbocycles.